The van der Waals surface area contributed by atoms with Gasteiger partial charge in [0.15, 0.2) is 0 Å². The molecule has 2 atom stereocenters. The van der Waals surface area contributed by atoms with Gasteiger partial charge in [0.25, 0.3) is 0 Å². The number of nitrogens with zero attached hydrogens (tertiary/aromatic N) is 2. The van der Waals surface area contributed by atoms with Crippen molar-refractivity contribution in [3.63, 3.8) is 0 Å². The lowest BCUT2D eigenvalue weighted by molar-refractivity contribution is -0.0548. The molecule has 2 aliphatic rings. The van der Waals surface area contributed by atoms with Crippen LogP contribution in [0.4, 0.5) is 4.39 Å². The number of alkyl halides is 1. The third kappa shape index (κ3) is 5.02. The minimum absolute atomic E-state index is 0.0966. The lowest BCUT2D eigenvalue weighted by atomic mass is 9.92. The highest BCUT2D eigenvalue weighted by Crippen LogP contribution is 2.29. The van der Waals surface area contributed by atoms with E-state index in [4.69, 9.17) is 4.74 Å². The Kier molecular flexibility index (Phi) is 5.30. The fraction of sp³-hybridized carbons (Fsp3) is 0.824. The van der Waals surface area contributed by atoms with Crippen molar-refractivity contribution in [2.45, 2.75) is 63.8 Å². The Morgan fingerprint density at radius 2 is 2.17 bits per heavy atom. The minimum Gasteiger partial charge on any atom is -0.378 e. The lowest BCUT2D eigenvalue weighted by Gasteiger charge is -2.31. The molecule has 3 rings (SSSR count). The number of sulfone groups is 1. The van der Waals surface area contributed by atoms with E-state index in [1.54, 1.807) is 6.92 Å². The summed E-state index contributed by atoms with van der Waals surface area (Å²) in [6.07, 6.45) is 7.79. The van der Waals surface area contributed by atoms with Gasteiger partial charge < -0.3 is 9.30 Å². The molecule has 0 radical (unpaired) electrons. The van der Waals surface area contributed by atoms with Gasteiger partial charge in [0.2, 0.25) is 0 Å². The molecule has 1 unspecified atom stereocenters. The van der Waals surface area contributed by atoms with Crippen LogP contribution in [0.25, 0.3) is 0 Å². The molecule has 2 fully saturated rings. The van der Waals surface area contributed by atoms with Crippen LogP contribution < -0.4 is 0 Å². The molecule has 136 valence electrons. The molecule has 0 N–H and O–H groups in total. The van der Waals surface area contributed by atoms with Crippen molar-refractivity contribution < 1.29 is 17.5 Å². The second-order valence-corrected chi connectivity index (χ2v) is 9.85. The topological polar surface area (TPSA) is 61.2 Å². The molecule has 0 bridgehead atoms. The number of rotatable bonds is 5. The molecule has 2 aliphatic heterocycles. The second-order valence-electron chi connectivity index (χ2n) is 7.55. The smallest absolute Gasteiger partial charge is 0.150 e. The Morgan fingerprint density at radius 3 is 2.88 bits per heavy atom. The predicted molar refractivity (Wildman–Crippen MR) is 90.4 cm³/mol. The largest absolute Gasteiger partial charge is 0.378 e. The van der Waals surface area contributed by atoms with Crippen LogP contribution in [0.2, 0.25) is 0 Å². The zero-order valence-electron chi connectivity index (χ0n) is 14.3. The van der Waals surface area contributed by atoms with E-state index in [0.29, 0.717) is 43.3 Å². The molecule has 1 aromatic heterocycles. The molecule has 0 saturated carbocycles. The van der Waals surface area contributed by atoms with Gasteiger partial charge in [-0.15, -0.1) is 0 Å². The van der Waals surface area contributed by atoms with E-state index in [1.807, 2.05) is 12.5 Å². The van der Waals surface area contributed by atoms with Gasteiger partial charge in [-0.25, -0.2) is 17.8 Å². The van der Waals surface area contributed by atoms with Crippen LogP contribution in [-0.4, -0.2) is 47.9 Å². The SMILES string of the molecule is C[C@]1(F)CCOC(Cc2cn(CCC3CCS(=O)(=O)CC3)cn2)C1. The molecule has 7 heteroatoms. The predicted octanol–water partition coefficient (Wildman–Crippen LogP) is 2.55. The number of halogens is 1. The van der Waals surface area contributed by atoms with Crippen LogP contribution in [0, 0.1) is 5.92 Å². The maximum atomic E-state index is 14.1. The normalized spacial score (nSPS) is 31.2. The summed E-state index contributed by atoms with van der Waals surface area (Å²) in [4.78, 5) is 4.41. The van der Waals surface area contributed by atoms with Gasteiger partial charge in [0.05, 0.1) is 29.6 Å². The maximum Gasteiger partial charge on any atom is 0.150 e. The molecule has 0 aliphatic carbocycles. The molecule has 3 heterocycles. The number of hydrogen-bond acceptors (Lipinski definition) is 4. The van der Waals surface area contributed by atoms with E-state index in [-0.39, 0.29) is 6.10 Å². The third-order valence-electron chi connectivity index (χ3n) is 5.22. The molecular formula is C17H27FN2O3S. The number of aryl methyl sites for hydroxylation is 1. The summed E-state index contributed by atoms with van der Waals surface area (Å²) in [5.41, 5.74) is -0.198. The highest BCUT2D eigenvalue weighted by Gasteiger charge is 2.33. The van der Waals surface area contributed by atoms with Crippen LogP contribution in [0.15, 0.2) is 12.5 Å². The summed E-state index contributed by atoms with van der Waals surface area (Å²) in [5, 5.41) is 0. The zero-order chi connectivity index (χ0) is 17.2. The quantitative estimate of drug-likeness (QED) is 0.812. The molecule has 1 aromatic rings. The van der Waals surface area contributed by atoms with Crippen molar-refractivity contribution in [3.8, 4) is 0 Å². The van der Waals surface area contributed by atoms with E-state index in [2.05, 4.69) is 9.55 Å². The monoisotopic (exact) mass is 358 g/mol. The first kappa shape index (κ1) is 17.9. The van der Waals surface area contributed by atoms with Crippen molar-refractivity contribution in [1.82, 2.24) is 9.55 Å². The minimum atomic E-state index is -2.78. The van der Waals surface area contributed by atoms with Gasteiger partial charge >= 0.3 is 0 Å². The molecular weight excluding hydrogens is 331 g/mol. The average molecular weight is 358 g/mol. The maximum absolute atomic E-state index is 14.1. The zero-order valence-corrected chi connectivity index (χ0v) is 15.1. The third-order valence-corrected chi connectivity index (χ3v) is 6.94. The average Bonchev–Trinajstić information content (AvgIpc) is 2.92. The van der Waals surface area contributed by atoms with Crippen molar-refractivity contribution in [1.29, 1.82) is 0 Å². The summed E-state index contributed by atoms with van der Waals surface area (Å²) < 4.78 is 44.7. The first-order valence-electron chi connectivity index (χ1n) is 8.83. The van der Waals surface area contributed by atoms with E-state index < -0.39 is 15.5 Å². The molecule has 24 heavy (non-hydrogen) atoms. The summed E-state index contributed by atoms with van der Waals surface area (Å²) in [6, 6.07) is 0. The standard InChI is InChI=1S/C17H27FN2O3S/c1-17(18)5-7-23-16(11-17)10-15-12-20(13-19-15)6-2-14-3-8-24(21,22)9-4-14/h12-14,16H,2-11H2,1H3/t16?,17-/m0/s1. The van der Waals surface area contributed by atoms with E-state index in [0.717, 1.165) is 31.5 Å². The van der Waals surface area contributed by atoms with Crippen LogP contribution in [0.3, 0.4) is 0 Å². The first-order valence-corrected chi connectivity index (χ1v) is 10.7. The molecule has 0 amide bonds. The fourth-order valence-electron chi connectivity index (χ4n) is 3.63. The Hall–Kier alpha value is -0.950. The Labute approximate surface area is 143 Å². The summed E-state index contributed by atoms with van der Waals surface area (Å²) in [7, 11) is -2.78. The highest BCUT2D eigenvalue weighted by atomic mass is 32.2. The summed E-state index contributed by atoms with van der Waals surface area (Å²) in [6.45, 7) is 2.97. The van der Waals surface area contributed by atoms with Gasteiger partial charge in [0, 0.05) is 38.6 Å². The molecule has 5 nitrogen and oxygen atoms in total. The Bertz CT molecular complexity index is 643. The summed E-state index contributed by atoms with van der Waals surface area (Å²) in [5.74, 6) is 1.13. The summed E-state index contributed by atoms with van der Waals surface area (Å²) >= 11 is 0. The van der Waals surface area contributed by atoms with E-state index in [9.17, 15) is 12.8 Å². The first-order chi connectivity index (χ1) is 11.3. The van der Waals surface area contributed by atoms with Crippen molar-refractivity contribution in [2.75, 3.05) is 18.1 Å². The van der Waals surface area contributed by atoms with Gasteiger partial charge in [-0.3, -0.25) is 0 Å². The lowest BCUT2D eigenvalue weighted by Crippen LogP contribution is -2.36. The van der Waals surface area contributed by atoms with Crippen LogP contribution >= 0.6 is 0 Å². The number of imidazole rings is 1. The van der Waals surface area contributed by atoms with Crippen LogP contribution in [-0.2, 0) is 27.5 Å². The van der Waals surface area contributed by atoms with Crippen LogP contribution in [0.5, 0.6) is 0 Å². The molecule has 2 saturated heterocycles. The second kappa shape index (κ2) is 7.12. The fourth-order valence-corrected chi connectivity index (χ4v) is 5.22. The van der Waals surface area contributed by atoms with Gasteiger partial charge in [-0.2, -0.15) is 0 Å². The van der Waals surface area contributed by atoms with Gasteiger partial charge in [-0.1, -0.05) is 0 Å². The van der Waals surface area contributed by atoms with E-state index in [1.165, 1.54) is 0 Å². The number of hydrogen-bond donors (Lipinski definition) is 0. The Balaban J connectivity index is 1.46. The van der Waals surface area contributed by atoms with Gasteiger partial charge in [0.1, 0.15) is 15.5 Å². The van der Waals surface area contributed by atoms with E-state index >= 15 is 0 Å². The van der Waals surface area contributed by atoms with Crippen molar-refractivity contribution >= 4 is 9.84 Å². The van der Waals surface area contributed by atoms with Crippen LogP contribution in [0.1, 0.15) is 44.7 Å². The highest BCUT2D eigenvalue weighted by molar-refractivity contribution is 7.91. The number of ether oxygens (including phenoxy) is 1. The molecule has 0 spiro atoms. The van der Waals surface area contributed by atoms with Crippen molar-refractivity contribution in [3.05, 3.63) is 18.2 Å². The number of aromatic nitrogens is 2. The molecule has 0 aromatic carbocycles. The van der Waals surface area contributed by atoms with Crippen molar-refractivity contribution in [2.24, 2.45) is 5.92 Å². The Morgan fingerprint density at radius 1 is 1.42 bits per heavy atom. The van der Waals surface area contributed by atoms with Gasteiger partial charge in [-0.05, 0) is 32.1 Å².